The second-order valence-electron chi connectivity index (χ2n) is 7.84. The molecule has 3 heteroatoms. The Morgan fingerprint density at radius 1 is 0.720 bits per heavy atom. The van der Waals surface area contributed by atoms with E-state index in [1.807, 2.05) is 0 Å². The van der Waals surface area contributed by atoms with E-state index in [1.165, 1.54) is 96.3 Å². The van der Waals surface area contributed by atoms with E-state index in [-0.39, 0.29) is 6.10 Å². The quantitative estimate of drug-likeness (QED) is 0.135. The van der Waals surface area contributed by atoms with E-state index < -0.39 is 0 Å². The smallest absolute Gasteiger partial charge is 0.257 e. The summed E-state index contributed by atoms with van der Waals surface area (Å²) in [6, 6.07) is 0. The summed E-state index contributed by atoms with van der Waals surface area (Å²) in [5.74, 6) is 0.412. The van der Waals surface area contributed by atoms with Crippen molar-refractivity contribution in [1.29, 1.82) is 0 Å². The van der Waals surface area contributed by atoms with Crippen molar-refractivity contribution in [2.24, 2.45) is 5.92 Å². The van der Waals surface area contributed by atoms with Gasteiger partial charge in [0.1, 0.15) is 0 Å². The van der Waals surface area contributed by atoms with Crippen LogP contribution in [-0.4, -0.2) is 12.5 Å². The van der Waals surface area contributed by atoms with Gasteiger partial charge in [0, 0.05) is 0 Å². The van der Waals surface area contributed by atoms with Gasteiger partial charge in [-0.2, -0.15) is 0 Å². The van der Waals surface area contributed by atoms with E-state index in [9.17, 15) is 4.79 Å². The molecule has 0 N–H and O–H groups in total. The Labute approximate surface area is 157 Å². The Morgan fingerprint density at radius 3 is 1.48 bits per heavy atom. The van der Waals surface area contributed by atoms with E-state index in [0.29, 0.717) is 12.3 Å². The zero-order valence-corrected chi connectivity index (χ0v) is 17.3. The number of rotatable bonds is 20. The third kappa shape index (κ3) is 18.0. The van der Waals surface area contributed by atoms with E-state index in [4.69, 9.17) is 4.84 Å². The number of carbonyl (C=O) groups is 1. The van der Waals surface area contributed by atoms with Crippen molar-refractivity contribution < 1.29 is 9.63 Å². The Morgan fingerprint density at radius 2 is 1.12 bits per heavy atom. The van der Waals surface area contributed by atoms with Gasteiger partial charge in [-0.05, 0) is 12.3 Å². The fraction of sp³-hybridized carbons (Fsp3) is 0.955. The molecule has 3 nitrogen and oxygen atoms in total. The van der Waals surface area contributed by atoms with Crippen molar-refractivity contribution in [3.8, 4) is 0 Å². The summed E-state index contributed by atoms with van der Waals surface area (Å²) in [6.45, 7) is 6.52. The van der Waals surface area contributed by atoms with Gasteiger partial charge in [-0.25, -0.2) is 4.84 Å². The standard InChI is InChI=1S/C22H44NO2/c1-4-5-6-7-8-9-10-11-12-13-14-15-16-17-18-19-22(21(2)3)25-23-20-24/h20-22H,4-19H2,1-3H3. The minimum Gasteiger partial charge on any atom is -0.274 e. The van der Waals surface area contributed by atoms with Crippen LogP contribution in [0.2, 0.25) is 0 Å². The van der Waals surface area contributed by atoms with E-state index >= 15 is 0 Å². The molecule has 0 heterocycles. The Kier molecular flexibility index (Phi) is 19.3. The molecule has 1 atom stereocenters. The summed E-state index contributed by atoms with van der Waals surface area (Å²) in [7, 11) is 0. The average Bonchev–Trinajstić information content (AvgIpc) is 2.60. The first-order chi connectivity index (χ1) is 12.2. The number of hydroxylamine groups is 1. The zero-order valence-electron chi connectivity index (χ0n) is 17.3. The van der Waals surface area contributed by atoms with Crippen molar-refractivity contribution in [2.45, 2.75) is 130 Å². The maximum Gasteiger partial charge on any atom is 0.257 e. The molecule has 25 heavy (non-hydrogen) atoms. The Bertz CT molecular complexity index is 269. The van der Waals surface area contributed by atoms with Crippen molar-refractivity contribution in [1.82, 2.24) is 5.48 Å². The summed E-state index contributed by atoms with van der Waals surface area (Å²) < 4.78 is 0. The van der Waals surface area contributed by atoms with E-state index in [2.05, 4.69) is 26.3 Å². The zero-order chi connectivity index (χ0) is 18.6. The molecule has 0 bridgehead atoms. The molecule has 1 amide bonds. The predicted octanol–water partition coefficient (Wildman–Crippen LogP) is 6.96. The molecule has 1 unspecified atom stereocenters. The SMILES string of the molecule is CCCCCCCCCCCCCCCCCC(O[N]C=O)C(C)C. The molecule has 0 aliphatic carbocycles. The van der Waals surface area contributed by atoms with Gasteiger partial charge in [0.25, 0.3) is 6.41 Å². The molecule has 0 saturated carbocycles. The van der Waals surface area contributed by atoms with Crippen LogP contribution in [0.4, 0.5) is 0 Å². The highest BCUT2D eigenvalue weighted by Crippen LogP contribution is 2.17. The summed E-state index contributed by atoms with van der Waals surface area (Å²) in [6.07, 6.45) is 22.3. The molecule has 0 fully saturated rings. The molecule has 1 radical (unpaired) electrons. The molecule has 0 rings (SSSR count). The molecule has 0 aromatic rings. The lowest BCUT2D eigenvalue weighted by atomic mass is 9.99. The first kappa shape index (κ1) is 24.4. The van der Waals surface area contributed by atoms with Gasteiger partial charge in [0.05, 0.1) is 6.10 Å². The van der Waals surface area contributed by atoms with Crippen LogP contribution in [0.1, 0.15) is 124 Å². The number of hydrogen-bond donors (Lipinski definition) is 0. The average molecular weight is 355 g/mol. The van der Waals surface area contributed by atoms with Crippen LogP contribution in [-0.2, 0) is 9.63 Å². The maximum atomic E-state index is 10.3. The lowest BCUT2D eigenvalue weighted by Crippen LogP contribution is -2.23. The number of nitrogens with zero attached hydrogens (tertiary/aromatic N) is 1. The lowest BCUT2D eigenvalue weighted by molar-refractivity contribution is -0.130. The monoisotopic (exact) mass is 354 g/mol. The molecule has 0 aromatic heterocycles. The van der Waals surface area contributed by atoms with Crippen LogP contribution in [0, 0.1) is 5.92 Å². The highest BCUT2D eigenvalue weighted by atomic mass is 16.7. The fourth-order valence-corrected chi connectivity index (χ4v) is 3.33. The third-order valence-corrected chi connectivity index (χ3v) is 5.08. The minimum absolute atomic E-state index is 0.0900. The van der Waals surface area contributed by atoms with Gasteiger partial charge >= 0.3 is 0 Å². The molecule has 0 saturated heterocycles. The van der Waals surface area contributed by atoms with Crippen LogP contribution in [0.3, 0.4) is 0 Å². The summed E-state index contributed by atoms with van der Waals surface area (Å²) in [4.78, 5) is 15.5. The van der Waals surface area contributed by atoms with E-state index in [0.717, 1.165) is 6.42 Å². The molecule has 0 aliphatic rings. The molecule has 149 valence electrons. The van der Waals surface area contributed by atoms with Gasteiger partial charge in [-0.3, -0.25) is 4.79 Å². The number of amides is 1. The van der Waals surface area contributed by atoms with Crippen molar-refractivity contribution in [3.63, 3.8) is 0 Å². The normalized spacial score (nSPS) is 12.5. The molecule has 0 aliphatic heterocycles. The van der Waals surface area contributed by atoms with E-state index in [1.54, 1.807) is 0 Å². The van der Waals surface area contributed by atoms with Crippen LogP contribution >= 0.6 is 0 Å². The number of carbonyl (C=O) groups excluding carboxylic acids is 1. The molecular formula is C22H44NO2. The second-order valence-corrected chi connectivity index (χ2v) is 7.84. The molecule has 0 aromatic carbocycles. The maximum absolute atomic E-state index is 10.3. The van der Waals surface area contributed by atoms with Gasteiger partial charge in [0.2, 0.25) is 0 Å². The van der Waals surface area contributed by atoms with Crippen LogP contribution in [0.15, 0.2) is 0 Å². The van der Waals surface area contributed by atoms with Gasteiger partial charge in [-0.1, -0.05) is 123 Å². The van der Waals surface area contributed by atoms with Crippen LogP contribution in [0.25, 0.3) is 0 Å². The van der Waals surface area contributed by atoms with Crippen molar-refractivity contribution in [3.05, 3.63) is 0 Å². The van der Waals surface area contributed by atoms with Crippen molar-refractivity contribution >= 4 is 6.41 Å². The highest BCUT2D eigenvalue weighted by molar-refractivity contribution is 5.43. The first-order valence-corrected chi connectivity index (χ1v) is 11.0. The van der Waals surface area contributed by atoms with Gasteiger partial charge in [0.15, 0.2) is 0 Å². The lowest BCUT2D eigenvalue weighted by Gasteiger charge is -2.18. The topological polar surface area (TPSA) is 40.4 Å². The fourth-order valence-electron chi connectivity index (χ4n) is 3.33. The van der Waals surface area contributed by atoms with Crippen LogP contribution in [0.5, 0.6) is 0 Å². The summed E-state index contributed by atoms with van der Waals surface area (Å²) >= 11 is 0. The summed E-state index contributed by atoms with van der Waals surface area (Å²) in [5, 5.41) is 0. The molecular weight excluding hydrogens is 310 g/mol. The van der Waals surface area contributed by atoms with Crippen LogP contribution < -0.4 is 5.48 Å². The highest BCUT2D eigenvalue weighted by Gasteiger charge is 2.14. The van der Waals surface area contributed by atoms with Gasteiger partial charge < -0.3 is 0 Å². The number of hydrogen-bond acceptors (Lipinski definition) is 2. The third-order valence-electron chi connectivity index (χ3n) is 5.08. The second kappa shape index (κ2) is 19.8. The first-order valence-electron chi connectivity index (χ1n) is 11.0. The summed E-state index contributed by atoms with van der Waals surface area (Å²) in [5.41, 5.74) is 3.40. The predicted molar refractivity (Wildman–Crippen MR) is 107 cm³/mol. The molecule has 0 spiro atoms. The number of unbranched alkanes of at least 4 members (excludes halogenated alkanes) is 14. The Balaban J connectivity index is 3.24. The van der Waals surface area contributed by atoms with Crippen molar-refractivity contribution in [2.75, 3.05) is 0 Å². The Hall–Kier alpha value is -0.570. The van der Waals surface area contributed by atoms with Gasteiger partial charge in [-0.15, -0.1) is 0 Å². The minimum atomic E-state index is 0.0900. The largest absolute Gasteiger partial charge is 0.274 e.